The van der Waals surface area contributed by atoms with Gasteiger partial charge in [-0.05, 0) is 30.4 Å². The highest BCUT2D eigenvalue weighted by atomic mass is 16.5. The minimum atomic E-state index is 0.538. The molecule has 2 aromatic rings. The maximum Gasteiger partial charge on any atom is 0.233 e. The molecule has 0 fully saturated rings. The van der Waals surface area contributed by atoms with Gasteiger partial charge in [-0.3, -0.25) is 0 Å². The Balaban J connectivity index is 1.89. The highest BCUT2D eigenvalue weighted by Gasteiger charge is 2.04. The number of aromatic nitrogens is 2. The molecule has 0 radical (unpaired) electrons. The first-order chi connectivity index (χ1) is 11.7. The summed E-state index contributed by atoms with van der Waals surface area (Å²) in [6.07, 6.45) is 7.48. The van der Waals surface area contributed by atoms with Gasteiger partial charge in [0.25, 0.3) is 0 Å². The normalized spacial score (nSPS) is 12.1. The van der Waals surface area contributed by atoms with E-state index >= 15 is 0 Å². The third kappa shape index (κ3) is 5.95. The quantitative estimate of drug-likeness (QED) is 0.526. The van der Waals surface area contributed by atoms with E-state index in [-0.39, 0.29) is 0 Å². The van der Waals surface area contributed by atoms with Crippen LogP contribution in [0.1, 0.15) is 58.4 Å². The molecule has 0 aliphatic rings. The summed E-state index contributed by atoms with van der Waals surface area (Å²) in [5, 5.41) is 8.48. The van der Waals surface area contributed by atoms with Crippen LogP contribution in [0.25, 0.3) is 11.3 Å². The number of ether oxygens (including phenoxy) is 1. The first kappa shape index (κ1) is 18.4. The number of rotatable bonds is 10. The summed E-state index contributed by atoms with van der Waals surface area (Å²) >= 11 is 0. The number of nitrogens with zero attached hydrogens (tertiary/aromatic N) is 2. The predicted molar refractivity (Wildman–Crippen MR) is 100 cm³/mol. The lowest BCUT2D eigenvalue weighted by Gasteiger charge is -2.10. The number of aryl methyl sites for hydroxylation is 1. The second-order valence-corrected chi connectivity index (χ2v) is 6.59. The van der Waals surface area contributed by atoms with Crippen molar-refractivity contribution in [3.05, 3.63) is 42.0 Å². The zero-order chi connectivity index (χ0) is 17.2. The lowest BCUT2D eigenvalue weighted by molar-refractivity contribution is 0.245. The van der Waals surface area contributed by atoms with Gasteiger partial charge in [0.1, 0.15) is 0 Å². The van der Waals surface area contributed by atoms with Gasteiger partial charge in [-0.15, -0.1) is 10.2 Å². The van der Waals surface area contributed by atoms with E-state index in [2.05, 4.69) is 55.2 Å². The topological polar surface area (TPSA) is 35.0 Å². The third-order valence-corrected chi connectivity index (χ3v) is 4.42. The van der Waals surface area contributed by atoms with Crippen molar-refractivity contribution in [2.24, 2.45) is 5.92 Å². The molecule has 1 atom stereocenters. The fraction of sp³-hybridized carbons (Fsp3) is 0.524. The Kier molecular flexibility index (Phi) is 7.73. The van der Waals surface area contributed by atoms with Gasteiger partial charge >= 0.3 is 0 Å². The summed E-state index contributed by atoms with van der Waals surface area (Å²) < 4.78 is 5.66. The van der Waals surface area contributed by atoms with Gasteiger partial charge in [0.2, 0.25) is 5.88 Å². The first-order valence-corrected chi connectivity index (χ1v) is 9.28. The van der Waals surface area contributed by atoms with Crippen LogP contribution in [0.4, 0.5) is 0 Å². The lowest BCUT2D eigenvalue weighted by Crippen LogP contribution is -2.08. The van der Waals surface area contributed by atoms with E-state index in [1.807, 2.05) is 12.1 Å². The monoisotopic (exact) mass is 326 g/mol. The molecule has 130 valence electrons. The van der Waals surface area contributed by atoms with Gasteiger partial charge < -0.3 is 4.74 Å². The van der Waals surface area contributed by atoms with E-state index in [1.165, 1.54) is 31.2 Å². The fourth-order valence-corrected chi connectivity index (χ4v) is 2.49. The molecule has 0 spiro atoms. The van der Waals surface area contributed by atoms with Gasteiger partial charge in [0.15, 0.2) is 0 Å². The van der Waals surface area contributed by atoms with Crippen molar-refractivity contribution in [2.75, 3.05) is 6.61 Å². The summed E-state index contributed by atoms with van der Waals surface area (Å²) in [5.74, 6) is 1.14. The molecule has 0 aliphatic carbocycles. The molecule has 0 amide bonds. The Morgan fingerprint density at radius 2 is 1.71 bits per heavy atom. The molecule has 1 heterocycles. The number of unbranched alkanes of at least 4 members (excludes halogenated alkanes) is 3. The molecule has 1 aromatic carbocycles. The van der Waals surface area contributed by atoms with Crippen molar-refractivity contribution in [1.82, 2.24) is 10.2 Å². The summed E-state index contributed by atoms with van der Waals surface area (Å²) in [6, 6.07) is 12.6. The minimum Gasteiger partial charge on any atom is -0.476 e. The largest absolute Gasteiger partial charge is 0.476 e. The lowest BCUT2D eigenvalue weighted by atomic mass is 10.0. The summed E-state index contributed by atoms with van der Waals surface area (Å²) in [4.78, 5) is 0. The van der Waals surface area contributed by atoms with Crippen LogP contribution in [-0.2, 0) is 6.42 Å². The fourth-order valence-electron chi connectivity index (χ4n) is 2.49. The van der Waals surface area contributed by atoms with E-state index in [9.17, 15) is 0 Å². The van der Waals surface area contributed by atoms with Gasteiger partial charge in [-0.1, -0.05) is 70.7 Å². The zero-order valence-corrected chi connectivity index (χ0v) is 15.3. The van der Waals surface area contributed by atoms with E-state index in [4.69, 9.17) is 4.74 Å². The molecular weight excluding hydrogens is 296 g/mol. The highest BCUT2D eigenvalue weighted by molar-refractivity contribution is 5.58. The highest BCUT2D eigenvalue weighted by Crippen LogP contribution is 2.19. The maximum atomic E-state index is 5.66. The first-order valence-electron chi connectivity index (χ1n) is 9.28. The molecule has 3 nitrogen and oxygen atoms in total. The average Bonchev–Trinajstić information content (AvgIpc) is 2.64. The van der Waals surface area contributed by atoms with Gasteiger partial charge in [-0.2, -0.15) is 0 Å². The Morgan fingerprint density at radius 3 is 2.33 bits per heavy atom. The second-order valence-electron chi connectivity index (χ2n) is 6.59. The van der Waals surface area contributed by atoms with Crippen molar-refractivity contribution in [1.29, 1.82) is 0 Å². The van der Waals surface area contributed by atoms with Crippen LogP contribution in [0.15, 0.2) is 36.4 Å². The Labute approximate surface area is 146 Å². The van der Waals surface area contributed by atoms with Crippen molar-refractivity contribution in [3.63, 3.8) is 0 Å². The summed E-state index contributed by atoms with van der Waals surface area (Å²) in [5.41, 5.74) is 3.40. The minimum absolute atomic E-state index is 0.538. The van der Waals surface area contributed by atoms with Crippen LogP contribution in [0.5, 0.6) is 5.88 Å². The van der Waals surface area contributed by atoms with Crippen molar-refractivity contribution < 1.29 is 4.74 Å². The molecule has 0 bridgehead atoms. The van der Waals surface area contributed by atoms with Gasteiger partial charge in [0, 0.05) is 11.6 Å². The van der Waals surface area contributed by atoms with E-state index in [0.717, 1.165) is 24.1 Å². The molecule has 0 saturated heterocycles. The Bertz CT molecular complexity index is 578. The molecule has 24 heavy (non-hydrogen) atoms. The number of hydrogen-bond donors (Lipinski definition) is 0. The Hall–Kier alpha value is -1.90. The van der Waals surface area contributed by atoms with Crippen LogP contribution in [0.3, 0.4) is 0 Å². The molecule has 2 rings (SSSR count). The molecule has 1 aromatic heterocycles. The number of hydrogen-bond acceptors (Lipinski definition) is 3. The van der Waals surface area contributed by atoms with Crippen molar-refractivity contribution in [3.8, 4) is 17.1 Å². The molecule has 0 aliphatic heterocycles. The van der Waals surface area contributed by atoms with Crippen molar-refractivity contribution >= 4 is 0 Å². The standard InChI is InChI=1S/C21H30N2O/c1-4-6-7-8-9-18-10-12-19(13-11-18)20-14-15-21(23-22-20)24-16-17(3)5-2/h10-15,17H,4-9,16H2,1-3H3. The zero-order valence-electron chi connectivity index (χ0n) is 15.3. The predicted octanol–water partition coefficient (Wildman–Crippen LogP) is 5.69. The van der Waals surface area contributed by atoms with Crippen LogP contribution in [0.2, 0.25) is 0 Å². The SMILES string of the molecule is CCCCCCc1ccc(-c2ccc(OCC(C)CC)nn2)cc1. The van der Waals surface area contributed by atoms with Crippen LogP contribution in [-0.4, -0.2) is 16.8 Å². The molecule has 0 saturated carbocycles. The number of benzene rings is 1. The van der Waals surface area contributed by atoms with Gasteiger partial charge in [-0.25, -0.2) is 0 Å². The second kappa shape index (κ2) is 10.1. The molecule has 0 N–H and O–H groups in total. The summed E-state index contributed by atoms with van der Waals surface area (Å²) in [7, 11) is 0. The van der Waals surface area contributed by atoms with E-state index in [0.29, 0.717) is 18.4 Å². The van der Waals surface area contributed by atoms with Crippen molar-refractivity contribution in [2.45, 2.75) is 59.3 Å². The molecule has 3 heteroatoms. The summed E-state index contributed by atoms with van der Waals surface area (Å²) in [6.45, 7) is 7.27. The van der Waals surface area contributed by atoms with Crippen LogP contribution >= 0.6 is 0 Å². The maximum absolute atomic E-state index is 5.66. The Morgan fingerprint density at radius 1 is 0.917 bits per heavy atom. The van der Waals surface area contributed by atoms with E-state index in [1.54, 1.807) is 0 Å². The van der Waals surface area contributed by atoms with E-state index < -0.39 is 0 Å². The van der Waals surface area contributed by atoms with Crippen LogP contribution < -0.4 is 4.74 Å². The van der Waals surface area contributed by atoms with Crippen LogP contribution in [0, 0.1) is 5.92 Å². The van der Waals surface area contributed by atoms with Gasteiger partial charge in [0.05, 0.1) is 12.3 Å². The molecular formula is C21H30N2O. The average molecular weight is 326 g/mol. The smallest absolute Gasteiger partial charge is 0.233 e. The third-order valence-electron chi connectivity index (χ3n) is 4.42. The molecule has 1 unspecified atom stereocenters.